The number of rotatable bonds is 5. The van der Waals surface area contributed by atoms with Crippen LogP contribution in [0.2, 0.25) is 0 Å². The Morgan fingerprint density at radius 2 is 1.82 bits per heavy atom. The van der Waals surface area contributed by atoms with Crippen molar-refractivity contribution in [3.05, 3.63) is 58.6 Å². The second-order valence-electron chi connectivity index (χ2n) is 6.24. The van der Waals surface area contributed by atoms with E-state index in [4.69, 9.17) is 0 Å². The third kappa shape index (κ3) is 4.84. The van der Waals surface area contributed by atoms with Gasteiger partial charge in [0.15, 0.2) is 5.82 Å². The van der Waals surface area contributed by atoms with Gasteiger partial charge in [-0.1, -0.05) is 6.07 Å². The van der Waals surface area contributed by atoms with Gasteiger partial charge in [0.25, 0.3) is 0 Å². The molecule has 0 amide bonds. The van der Waals surface area contributed by atoms with E-state index in [2.05, 4.69) is 30.6 Å². The van der Waals surface area contributed by atoms with Crippen molar-refractivity contribution in [1.82, 2.24) is 19.9 Å². The SMILES string of the molecule is CC(C)Nc1cc(Nc2ccnc(C(F)(F)F)c2)nc(-c2cccc(=O)[nH]2)n1. The van der Waals surface area contributed by atoms with Crippen LogP contribution in [0, 0.1) is 0 Å². The highest BCUT2D eigenvalue weighted by atomic mass is 19.4. The number of hydrogen-bond donors (Lipinski definition) is 3. The molecule has 0 saturated heterocycles. The van der Waals surface area contributed by atoms with Crippen molar-refractivity contribution in [3.8, 4) is 11.5 Å². The Morgan fingerprint density at radius 3 is 2.50 bits per heavy atom. The number of aromatic nitrogens is 4. The normalized spacial score (nSPS) is 11.5. The van der Waals surface area contributed by atoms with Gasteiger partial charge in [-0.25, -0.2) is 9.97 Å². The second-order valence-corrected chi connectivity index (χ2v) is 6.24. The molecule has 146 valence electrons. The first kappa shape index (κ1) is 19.3. The number of alkyl halides is 3. The van der Waals surface area contributed by atoms with E-state index in [9.17, 15) is 18.0 Å². The highest BCUT2D eigenvalue weighted by molar-refractivity contribution is 5.63. The molecule has 10 heteroatoms. The molecule has 0 spiro atoms. The van der Waals surface area contributed by atoms with Gasteiger partial charge in [0, 0.05) is 30.1 Å². The summed E-state index contributed by atoms with van der Waals surface area (Å²) in [5.74, 6) is 0.936. The van der Waals surface area contributed by atoms with Crippen molar-refractivity contribution in [1.29, 1.82) is 0 Å². The molecule has 0 fully saturated rings. The molecule has 0 radical (unpaired) electrons. The summed E-state index contributed by atoms with van der Waals surface area (Å²) in [5.41, 5.74) is -0.779. The lowest BCUT2D eigenvalue weighted by molar-refractivity contribution is -0.141. The van der Waals surface area contributed by atoms with Crippen molar-refractivity contribution in [2.75, 3.05) is 10.6 Å². The maximum atomic E-state index is 12.9. The molecule has 3 rings (SSSR count). The number of pyridine rings is 2. The standard InChI is InChI=1S/C18H17F3N6O/c1-10(2)23-14-9-15(24-11-6-7-22-13(8-11)18(19,20)21)27-17(26-14)12-4-3-5-16(28)25-12/h3-10H,1-2H3,(H,25,28)(H2,22,23,24,26,27). The molecule has 0 saturated carbocycles. The van der Waals surface area contributed by atoms with E-state index in [0.717, 1.165) is 12.3 Å². The zero-order valence-corrected chi connectivity index (χ0v) is 15.0. The average molecular weight is 390 g/mol. The fraction of sp³-hybridized carbons (Fsp3) is 0.222. The molecule has 3 aromatic heterocycles. The predicted molar refractivity (Wildman–Crippen MR) is 99.4 cm³/mol. The first-order valence-corrected chi connectivity index (χ1v) is 8.36. The van der Waals surface area contributed by atoms with Crippen LogP contribution in [0.4, 0.5) is 30.5 Å². The number of nitrogens with one attached hydrogen (secondary N) is 3. The van der Waals surface area contributed by atoms with Gasteiger partial charge in [0.1, 0.15) is 17.3 Å². The van der Waals surface area contributed by atoms with Crippen molar-refractivity contribution >= 4 is 17.3 Å². The van der Waals surface area contributed by atoms with E-state index in [1.54, 1.807) is 18.2 Å². The molecule has 28 heavy (non-hydrogen) atoms. The molecule has 0 aliphatic rings. The van der Waals surface area contributed by atoms with Gasteiger partial charge in [-0.05, 0) is 32.0 Å². The van der Waals surface area contributed by atoms with Crippen molar-refractivity contribution in [3.63, 3.8) is 0 Å². The lowest BCUT2D eigenvalue weighted by atomic mass is 10.3. The Hall–Kier alpha value is -3.43. The van der Waals surface area contributed by atoms with Gasteiger partial charge in [-0.15, -0.1) is 0 Å². The summed E-state index contributed by atoms with van der Waals surface area (Å²) in [4.78, 5) is 26.2. The number of H-pyrrole nitrogens is 1. The van der Waals surface area contributed by atoms with Crippen LogP contribution >= 0.6 is 0 Å². The minimum absolute atomic E-state index is 0.0585. The Morgan fingerprint density at radius 1 is 1.07 bits per heavy atom. The number of nitrogens with zero attached hydrogens (tertiary/aromatic N) is 3. The lowest BCUT2D eigenvalue weighted by Gasteiger charge is -2.14. The molecule has 0 bridgehead atoms. The Balaban J connectivity index is 2.00. The number of hydrogen-bond acceptors (Lipinski definition) is 6. The van der Waals surface area contributed by atoms with E-state index >= 15 is 0 Å². The van der Waals surface area contributed by atoms with Gasteiger partial charge in [-0.2, -0.15) is 13.2 Å². The molecule has 0 atom stereocenters. The summed E-state index contributed by atoms with van der Waals surface area (Å²) < 4.78 is 38.6. The fourth-order valence-corrected chi connectivity index (χ4v) is 2.39. The van der Waals surface area contributed by atoms with Gasteiger partial charge in [0.05, 0.1) is 5.69 Å². The zero-order valence-electron chi connectivity index (χ0n) is 15.0. The van der Waals surface area contributed by atoms with Crippen LogP contribution in [-0.2, 0) is 6.18 Å². The molecule has 0 aliphatic carbocycles. The molecule has 7 nitrogen and oxygen atoms in total. The van der Waals surface area contributed by atoms with Crippen LogP contribution in [0.3, 0.4) is 0 Å². The van der Waals surface area contributed by atoms with Crippen LogP contribution in [0.15, 0.2) is 47.4 Å². The summed E-state index contributed by atoms with van der Waals surface area (Å²) in [6.07, 6.45) is -3.49. The van der Waals surface area contributed by atoms with Crippen molar-refractivity contribution in [2.24, 2.45) is 0 Å². The topological polar surface area (TPSA) is 95.6 Å². The number of halogens is 3. The summed E-state index contributed by atoms with van der Waals surface area (Å²) in [5, 5.41) is 5.95. The van der Waals surface area contributed by atoms with E-state index < -0.39 is 11.9 Å². The van der Waals surface area contributed by atoms with Crippen LogP contribution in [0.25, 0.3) is 11.5 Å². The lowest BCUT2D eigenvalue weighted by Crippen LogP contribution is -2.13. The summed E-state index contributed by atoms with van der Waals surface area (Å²) >= 11 is 0. The molecule has 0 unspecified atom stereocenters. The Kier molecular flexibility index (Phi) is 5.30. The van der Waals surface area contributed by atoms with Crippen LogP contribution in [-0.4, -0.2) is 26.0 Å². The van der Waals surface area contributed by atoms with Crippen molar-refractivity contribution in [2.45, 2.75) is 26.1 Å². The summed E-state index contributed by atoms with van der Waals surface area (Å²) in [6, 6.07) is 8.47. The molecule has 0 aromatic carbocycles. The summed E-state index contributed by atoms with van der Waals surface area (Å²) in [7, 11) is 0. The fourth-order valence-electron chi connectivity index (χ4n) is 2.39. The molecular weight excluding hydrogens is 373 g/mol. The molecule has 0 aliphatic heterocycles. The van der Waals surface area contributed by atoms with E-state index in [-0.39, 0.29) is 28.9 Å². The maximum Gasteiger partial charge on any atom is 0.433 e. The minimum atomic E-state index is -4.55. The predicted octanol–water partition coefficient (Wildman–Crippen LogP) is 3.81. The highest BCUT2D eigenvalue weighted by Crippen LogP contribution is 2.30. The largest absolute Gasteiger partial charge is 0.433 e. The molecule has 3 N–H and O–H groups in total. The second kappa shape index (κ2) is 7.67. The summed E-state index contributed by atoms with van der Waals surface area (Å²) in [6.45, 7) is 3.83. The Labute approximate surface area is 158 Å². The number of anilines is 3. The average Bonchev–Trinajstić information content (AvgIpc) is 2.60. The molecule has 3 aromatic rings. The minimum Gasteiger partial charge on any atom is -0.368 e. The van der Waals surface area contributed by atoms with Gasteiger partial charge in [0.2, 0.25) is 5.56 Å². The quantitative estimate of drug-likeness (QED) is 0.613. The first-order chi connectivity index (χ1) is 13.2. The van der Waals surface area contributed by atoms with E-state index in [0.29, 0.717) is 11.5 Å². The van der Waals surface area contributed by atoms with E-state index in [1.807, 2.05) is 13.8 Å². The Bertz CT molecular complexity index is 1030. The van der Waals surface area contributed by atoms with Crippen LogP contribution < -0.4 is 16.2 Å². The van der Waals surface area contributed by atoms with Gasteiger partial charge in [-0.3, -0.25) is 9.78 Å². The first-order valence-electron chi connectivity index (χ1n) is 8.36. The molecular formula is C18H17F3N6O. The van der Waals surface area contributed by atoms with Gasteiger partial charge < -0.3 is 15.6 Å². The van der Waals surface area contributed by atoms with Crippen molar-refractivity contribution < 1.29 is 13.2 Å². The third-order valence-corrected chi connectivity index (χ3v) is 3.49. The monoisotopic (exact) mass is 390 g/mol. The van der Waals surface area contributed by atoms with Gasteiger partial charge >= 0.3 is 6.18 Å². The van der Waals surface area contributed by atoms with E-state index in [1.165, 1.54) is 12.1 Å². The van der Waals surface area contributed by atoms with Crippen LogP contribution in [0.1, 0.15) is 19.5 Å². The highest BCUT2D eigenvalue weighted by Gasteiger charge is 2.32. The number of aromatic amines is 1. The molecule has 3 heterocycles. The zero-order chi connectivity index (χ0) is 20.3. The smallest absolute Gasteiger partial charge is 0.368 e. The third-order valence-electron chi connectivity index (χ3n) is 3.49. The van der Waals surface area contributed by atoms with Crippen LogP contribution in [0.5, 0.6) is 0 Å². The maximum absolute atomic E-state index is 12.9.